The molecule has 21 heavy (non-hydrogen) atoms. The maximum absolute atomic E-state index is 11.8. The van der Waals surface area contributed by atoms with Gasteiger partial charge in [0, 0.05) is 23.1 Å². The zero-order valence-corrected chi connectivity index (χ0v) is 14.2. The maximum Gasteiger partial charge on any atom is 0.261 e. The standard InChI is InChI=1S/C15H22ClNO3S/c1-11(2)12(3)15(18)17-10-4-5-13-6-8-14(9-7-13)21(16,19)20/h6-9,11-12H,4-5,10H2,1-3H3,(H,17,18). The van der Waals surface area contributed by atoms with Gasteiger partial charge in [-0.1, -0.05) is 32.9 Å². The van der Waals surface area contributed by atoms with Crippen molar-refractivity contribution < 1.29 is 13.2 Å². The van der Waals surface area contributed by atoms with Gasteiger partial charge in [0.25, 0.3) is 9.05 Å². The van der Waals surface area contributed by atoms with Crippen LogP contribution in [0.5, 0.6) is 0 Å². The van der Waals surface area contributed by atoms with Crippen LogP contribution in [0.2, 0.25) is 0 Å². The minimum atomic E-state index is -3.66. The molecule has 0 radical (unpaired) electrons. The summed E-state index contributed by atoms with van der Waals surface area (Å²) in [5.74, 6) is 0.418. The zero-order valence-electron chi connectivity index (χ0n) is 12.6. The van der Waals surface area contributed by atoms with E-state index in [4.69, 9.17) is 10.7 Å². The van der Waals surface area contributed by atoms with Crippen LogP contribution in [0.4, 0.5) is 0 Å². The normalized spacial score (nSPS) is 13.2. The van der Waals surface area contributed by atoms with Gasteiger partial charge in [-0.3, -0.25) is 4.79 Å². The molecule has 4 nitrogen and oxygen atoms in total. The first-order chi connectivity index (χ1) is 9.71. The number of halogens is 1. The Morgan fingerprint density at radius 1 is 1.19 bits per heavy atom. The molecule has 1 rings (SSSR count). The summed E-state index contributed by atoms with van der Waals surface area (Å²) in [6.07, 6.45) is 1.59. The monoisotopic (exact) mass is 331 g/mol. The van der Waals surface area contributed by atoms with E-state index in [2.05, 4.69) is 5.32 Å². The van der Waals surface area contributed by atoms with Crippen molar-refractivity contribution in [1.29, 1.82) is 0 Å². The molecule has 0 bridgehead atoms. The number of hydrogen-bond donors (Lipinski definition) is 1. The van der Waals surface area contributed by atoms with Crippen molar-refractivity contribution >= 4 is 25.6 Å². The van der Waals surface area contributed by atoms with Crippen LogP contribution in [0.1, 0.15) is 32.8 Å². The van der Waals surface area contributed by atoms with Crippen LogP contribution in [0.15, 0.2) is 29.2 Å². The van der Waals surface area contributed by atoms with E-state index in [1.165, 1.54) is 12.1 Å². The Bertz CT molecular complexity index is 567. The molecule has 118 valence electrons. The van der Waals surface area contributed by atoms with Crippen LogP contribution < -0.4 is 5.32 Å². The highest BCUT2D eigenvalue weighted by atomic mass is 35.7. The molecule has 1 aromatic carbocycles. The number of nitrogens with one attached hydrogen (secondary N) is 1. The lowest BCUT2D eigenvalue weighted by atomic mass is 9.97. The molecule has 6 heteroatoms. The van der Waals surface area contributed by atoms with Crippen LogP contribution in [-0.2, 0) is 20.3 Å². The summed E-state index contributed by atoms with van der Waals surface area (Å²) in [7, 11) is 1.59. The fraction of sp³-hybridized carbons (Fsp3) is 0.533. The van der Waals surface area contributed by atoms with Crippen molar-refractivity contribution in [3.8, 4) is 0 Å². The Labute approximate surface area is 131 Å². The fourth-order valence-electron chi connectivity index (χ4n) is 1.79. The number of carbonyl (C=O) groups excluding carboxylic acids is 1. The summed E-state index contributed by atoms with van der Waals surface area (Å²) in [4.78, 5) is 11.9. The first kappa shape index (κ1) is 18.0. The molecule has 1 aromatic rings. The molecule has 1 N–H and O–H groups in total. The quantitative estimate of drug-likeness (QED) is 0.617. The van der Waals surface area contributed by atoms with Gasteiger partial charge in [0.1, 0.15) is 0 Å². The van der Waals surface area contributed by atoms with Gasteiger partial charge in [-0.05, 0) is 36.5 Å². The van der Waals surface area contributed by atoms with E-state index in [1.54, 1.807) is 12.1 Å². The maximum atomic E-state index is 11.8. The molecule has 0 saturated heterocycles. The van der Waals surface area contributed by atoms with Crippen LogP contribution in [0.25, 0.3) is 0 Å². The van der Waals surface area contributed by atoms with Crippen LogP contribution >= 0.6 is 10.7 Å². The molecule has 1 amide bonds. The summed E-state index contributed by atoms with van der Waals surface area (Å²) in [6, 6.07) is 6.48. The fourth-order valence-corrected chi connectivity index (χ4v) is 2.56. The third-order valence-corrected chi connectivity index (χ3v) is 4.93. The van der Waals surface area contributed by atoms with E-state index >= 15 is 0 Å². The predicted molar refractivity (Wildman–Crippen MR) is 84.8 cm³/mol. The number of aryl methyl sites for hydroxylation is 1. The van der Waals surface area contributed by atoms with Crippen molar-refractivity contribution in [3.05, 3.63) is 29.8 Å². The van der Waals surface area contributed by atoms with E-state index in [0.717, 1.165) is 18.4 Å². The number of benzene rings is 1. The van der Waals surface area contributed by atoms with Gasteiger partial charge in [0.05, 0.1) is 4.90 Å². The first-order valence-corrected chi connectivity index (χ1v) is 9.34. The highest BCUT2D eigenvalue weighted by molar-refractivity contribution is 8.13. The average molecular weight is 332 g/mol. The molecule has 0 aliphatic carbocycles. The molecule has 0 spiro atoms. The van der Waals surface area contributed by atoms with Crippen molar-refractivity contribution in [2.75, 3.05) is 6.54 Å². The molecule has 0 saturated carbocycles. The predicted octanol–water partition coefficient (Wildman–Crippen LogP) is 2.96. The molecule has 1 unspecified atom stereocenters. The van der Waals surface area contributed by atoms with Gasteiger partial charge < -0.3 is 5.32 Å². The highest BCUT2D eigenvalue weighted by Gasteiger charge is 2.15. The van der Waals surface area contributed by atoms with Gasteiger partial charge in [0.15, 0.2) is 0 Å². The van der Waals surface area contributed by atoms with Crippen molar-refractivity contribution in [2.24, 2.45) is 11.8 Å². The lowest BCUT2D eigenvalue weighted by molar-refractivity contribution is -0.125. The Kier molecular flexibility index (Phi) is 6.68. The topological polar surface area (TPSA) is 63.2 Å². The second-order valence-electron chi connectivity index (χ2n) is 5.51. The van der Waals surface area contributed by atoms with Crippen LogP contribution in [0, 0.1) is 11.8 Å². The number of amides is 1. The molecule has 0 aliphatic heterocycles. The third kappa shape index (κ3) is 6.06. The molecular weight excluding hydrogens is 310 g/mol. The molecular formula is C15H22ClNO3S. The molecule has 0 fully saturated rings. The highest BCUT2D eigenvalue weighted by Crippen LogP contribution is 2.16. The van der Waals surface area contributed by atoms with Gasteiger partial charge in [-0.25, -0.2) is 8.42 Å². The summed E-state index contributed by atoms with van der Waals surface area (Å²) in [6.45, 7) is 6.59. The summed E-state index contributed by atoms with van der Waals surface area (Å²) in [5.41, 5.74) is 1.02. The third-order valence-electron chi connectivity index (χ3n) is 3.56. The number of rotatable bonds is 7. The van der Waals surface area contributed by atoms with E-state index in [1.807, 2.05) is 20.8 Å². The molecule has 0 aromatic heterocycles. The number of hydrogen-bond acceptors (Lipinski definition) is 3. The average Bonchev–Trinajstić information content (AvgIpc) is 2.42. The summed E-state index contributed by atoms with van der Waals surface area (Å²) < 4.78 is 22.2. The summed E-state index contributed by atoms with van der Waals surface area (Å²) >= 11 is 0. The molecule has 1 atom stereocenters. The van der Waals surface area contributed by atoms with Gasteiger partial charge in [-0.15, -0.1) is 0 Å². The van der Waals surface area contributed by atoms with Crippen LogP contribution in [-0.4, -0.2) is 20.9 Å². The van der Waals surface area contributed by atoms with E-state index < -0.39 is 9.05 Å². The Morgan fingerprint density at radius 3 is 2.24 bits per heavy atom. The van der Waals surface area contributed by atoms with E-state index in [0.29, 0.717) is 12.5 Å². The van der Waals surface area contributed by atoms with Crippen molar-refractivity contribution in [1.82, 2.24) is 5.32 Å². The second-order valence-corrected chi connectivity index (χ2v) is 8.08. The van der Waals surface area contributed by atoms with Gasteiger partial charge in [-0.2, -0.15) is 0 Å². The van der Waals surface area contributed by atoms with Gasteiger partial charge in [0.2, 0.25) is 5.91 Å². The molecule has 0 aliphatic rings. The number of carbonyl (C=O) groups is 1. The Balaban J connectivity index is 2.38. The van der Waals surface area contributed by atoms with Crippen LogP contribution in [0.3, 0.4) is 0 Å². The van der Waals surface area contributed by atoms with Gasteiger partial charge >= 0.3 is 0 Å². The zero-order chi connectivity index (χ0) is 16.0. The lowest BCUT2D eigenvalue weighted by Gasteiger charge is -2.15. The minimum Gasteiger partial charge on any atom is -0.356 e. The first-order valence-electron chi connectivity index (χ1n) is 7.03. The SMILES string of the molecule is CC(C)C(C)C(=O)NCCCc1ccc(S(=O)(=O)Cl)cc1. The lowest BCUT2D eigenvalue weighted by Crippen LogP contribution is -2.32. The molecule has 0 heterocycles. The van der Waals surface area contributed by atoms with E-state index in [9.17, 15) is 13.2 Å². The largest absolute Gasteiger partial charge is 0.356 e. The summed E-state index contributed by atoms with van der Waals surface area (Å²) in [5, 5.41) is 2.91. The van der Waals surface area contributed by atoms with Crippen molar-refractivity contribution in [3.63, 3.8) is 0 Å². The Hall–Kier alpha value is -1.07. The second kappa shape index (κ2) is 7.80. The Morgan fingerprint density at radius 2 is 1.76 bits per heavy atom. The van der Waals surface area contributed by atoms with Crippen molar-refractivity contribution in [2.45, 2.75) is 38.5 Å². The smallest absolute Gasteiger partial charge is 0.261 e. The van der Waals surface area contributed by atoms with E-state index in [-0.39, 0.29) is 16.7 Å². The minimum absolute atomic E-state index is 0.0122.